The van der Waals surface area contributed by atoms with Crippen molar-refractivity contribution in [1.82, 2.24) is 5.32 Å². The molecule has 114 valence electrons. The Morgan fingerprint density at radius 3 is 2.05 bits per heavy atom. The number of benzene rings is 1. The van der Waals surface area contributed by atoms with Crippen LogP contribution >= 0.6 is 0 Å². The molecule has 0 aliphatic heterocycles. The highest BCUT2D eigenvalue weighted by Gasteiger charge is 2.15. The van der Waals surface area contributed by atoms with Crippen LogP contribution < -0.4 is 5.32 Å². The van der Waals surface area contributed by atoms with Crippen LogP contribution in [0.5, 0.6) is 5.75 Å². The molecule has 1 aromatic rings. The van der Waals surface area contributed by atoms with Gasteiger partial charge in [-0.05, 0) is 51.3 Å². The van der Waals surface area contributed by atoms with E-state index in [0.29, 0.717) is 12.3 Å². The molecule has 0 spiro atoms. The summed E-state index contributed by atoms with van der Waals surface area (Å²) in [4.78, 5) is 11.5. The predicted molar refractivity (Wildman–Crippen MR) is 82.0 cm³/mol. The Morgan fingerprint density at radius 1 is 1.20 bits per heavy atom. The van der Waals surface area contributed by atoms with E-state index in [4.69, 9.17) is 4.74 Å². The van der Waals surface area contributed by atoms with Crippen molar-refractivity contribution in [1.29, 1.82) is 0 Å². The minimum absolute atomic E-state index is 0.302. The van der Waals surface area contributed by atoms with Gasteiger partial charge in [0.2, 0.25) is 0 Å². The first kappa shape index (κ1) is 18.3. The molecule has 20 heavy (non-hydrogen) atoms. The maximum Gasteiger partial charge on any atom is 0.407 e. The van der Waals surface area contributed by atoms with Gasteiger partial charge in [-0.15, -0.1) is 0 Å². The molecular formula is C16H27NO3. The van der Waals surface area contributed by atoms with Crippen molar-refractivity contribution in [2.75, 3.05) is 0 Å². The Morgan fingerprint density at radius 2 is 1.65 bits per heavy atom. The lowest BCUT2D eigenvalue weighted by atomic mass is 10.1. The molecule has 0 bridgehead atoms. The van der Waals surface area contributed by atoms with Crippen molar-refractivity contribution in [2.45, 2.75) is 60.6 Å². The molecule has 4 nitrogen and oxygen atoms in total. The van der Waals surface area contributed by atoms with E-state index in [1.807, 2.05) is 60.6 Å². The average Bonchev–Trinajstić information content (AvgIpc) is 2.33. The highest BCUT2D eigenvalue weighted by atomic mass is 16.6. The smallest absolute Gasteiger partial charge is 0.407 e. The number of carbonyl (C=O) groups is 1. The Balaban J connectivity index is 0.00000172. The van der Waals surface area contributed by atoms with E-state index in [-0.39, 0.29) is 0 Å². The first-order valence-electron chi connectivity index (χ1n) is 6.95. The SMILES string of the molecule is CC.Cc1cc(CNC(=O)OC(C)(C)C)cc(C)c1O. The van der Waals surface area contributed by atoms with Crippen LogP contribution in [-0.4, -0.2) is 16.8 Å². The second-order valence-electron chi connectivity index (χ2n) is 5.43. The fraction of sp³-hybridized carbons (Fsp3) is 0.562. The van der Waals surface area contributed by atoms with E-state index in [9.17, 15) is 9.90 Å². The number of amides is 1. The molecule has 0 aliphatic rings. The average molecular weight is 281 g/mol. The maximum atomic E-state index is 11.5. The van der Waals surface area contributed by atoms with E-state index >= 15 is 0 Å². The Kier molecular flexibility index (Phi) is 7.11. The third kappa shape index (κ3) is 6.45. The highest BCUT2D eigenvalue weighted by Crippen LogP contribution is 2.22. The quantitative estimate of drug-likeness (QED) is 0.859. The van der Waals surface area contributed by atoms with Crippen LogP contribution in [0.15, 0.2) is 12.1 Å². The zero-order valence-electron chi connectivity index (χ0n) is 13.6. The standard InChI is InChI=1S/C14H21NO3.C2H6/c1-9-6-11(7-10(2)12(9)16)8-15-13(17)18-14(3,4)5;1-2/h6-7,16H,8H2,1-5H3,(H,15,17);1-2H3. The van der Waals surface area contributed by atoms with Crippen molar-refractivity contribution in [2.24, 2.45) is 0 Å². The molecule has 0 aliphatic carbocycles. The summed E-state index contributed by atoms with van der Waals surface area (Å²) in [5, 5.41) is 12.3. The fourth-order valence-electron chi connectivity index (χ4n) is 1.64. The molecule has 0 fully saturated rings. The molecular weight excluding hydrogens is 254 g/mol. The molecule has 1 aromatic carbocycles. The predicted octanol–water partition coefficient (Wildman–Crippen LogP) is 4.06. The minimum Gasteiger partial charge on any atom is -0.507 e. The number of rotatable bonds is 2. The normalized spacial score (nSPS) is 10.3. The van der Waals surface area contributed by atoms with Crippen LogP contribution in [0.25, 0.3) is 0 Å². The monoisotopic (exact) mass is 281 g/mol. The number of phenolic OH excluding ortho intramolecular Hbond substituents is 1. The number of ether oxygens (including phenoxy) is 1. The Labute approximate surface area is 122 Å². The van der Waals surface area contributed by atoms with E-state index in [1.54, 1.807) is 0 Å². The zero-order chi connectivity index (χ0) is 15.9. The lowest BCUT2D eigenvalue weighted by Gasteiger charge is -2.19. The number of nitrogens with one attached hydrogen (secondary N) is 1. The summed E-state index contributed by atoms with van der Waals surface area (Å²) in [6.45, 7) is 13.5. The van der Waals surface area contributed by atoms with Gasteiger partial charge in [0, 0.05) is 6.54 Å². The number of carbonyl (C=O) groups excluding carboxylic acids is 1. The van der Waals surface area contributed by atoms with E-state index < -0.39 is 11.7 Å². The van der Waals surface area contributed by atoms with Gasteiger partial charge in [0.15, 0.2) is 0 Å². The Hall–Kier alpha value is -1.71. The summed E-state index contributed by atoms with van der Waals surface area (Å²) in [6.07, 6.45) is -0.439. The fourth-order valence-corrected chi connectivity index (χ4v) is 1.64. The van der Waals surface area contributed by atoms with Crippen molar-refractivity contribution in [3.05, 3.63) is 28.8 Å². The van der Waals surface area contributed by atoms with Crippen LogP contribution in [0.2, 0.25) is 0 Å². The summed E-state index contributed by atoms with van der Waals surface area (Å²) >= 11 is 0. The first-order chi connectivity index (χ1) is 9.19. The van der Waals surface area contributed by atoms with Crippen molar-refractivity contribution < 1.29 is 14.6 Å². The van der Waals surface area contributed by atoms with Crippen LogP contribution in [0.1, 0.15) is 51.3 Å². The molecule has 1 rings (SSSR count). The summed E-state index contributed by atoms with van der Waals surface area (Å²) in [5.74, 6) is 0.302. The molecule has 0 radical (unpaired) electrons. The van der Waals surface area contributed by atoms with Gasteiger partial charge in [-0.1, -0.05) is 26.0 Å². The number of aryl methyl sites for hydroxylation is 2. The zero-order valence-corrected chi connectivity index (χ0v) is 13.6. The first-order valence-corrected chi connectivity index (χ1v) is 6.95. The molecule has 0 saturated carbocycles. The van der Waals surface area contributed by atoms with Crippen LogP contribution in [-0.2, 0) is 11.3 Å². The number of phenols is 1. The van der Waals surface area contributed by atoms with Crippen LogP contribution in [0.4, 0.5) is 4.79 Å². The van der Waals surface area contributed by atoms with Gasteiger partial charge in [0.25, 0.3) is 0 Å². The molecule has 0 unspecified atom stereocenters. The molecule has 4 heteroatoms. The maximum absolute atomic E-state index is 11.5. The molecule has 0 saturated heterocycles. The van der Waals surface area contributed by atoms with Crippen molar-refractivity contribution >= 4 is 6.09 Å². The third-order valence-corrected chi connectivity index (χ3v) is 2.39. The van der Waals surface area contributed by atoms with Crippen LogP contribution in [0, 0.1) is 13.8 Å². The number of hydrogen-bond acceptors (Lipinski definition) is 3. The highest BCUT2D eigenvalue weighted by molar-refractivity contribution is 5.67. The third-order valence-electron chi connectivity index (χ3n) is 2.39. The summed E-state index contributed by atoms with van der Waals surface area (Å²) in [7, 11) is 0. The van der Waals surface area contributed by atoms with E-state index in [1.165, 1.54) is 0 Å². The second-order valence-corrected chi connectivity index (χ2v) is 5.43. The minimum atomic E-state index is -0.495. The molecule has 0 atom stereocenters. The summed E-state index contributed by atoms with van der Waals surface area (Å²) in [5.41, 5.74) is 2.05. The second kappa shape index (κ2) is 7.78. The molecule has 2 N–H and O–H groups in total. The van der Waals surface area contributed by atoms with Gasteiger partial charge >= 0.3 is 6.09 Å². The topological polar surface area (TPSA) is 58.6 Å². The molecule has 0 aromatic heterocycles. The summed E-state index contributed by atoms with van der Waals surface area (Å²) in [6, 6.07) is 3.69. The van der Waals surface area contributed by atoms with Gasteiger partial charge in [0.05, 0.1) is 0 Å². The van der Waals surface area contributed by atoms with Gasteiger partial charge in [-0.2, -0.15) is 0 Å². The largest absolute Gasteiger partial charge is 0.507 e. The lowest BCUT2D eigenvalue weighted by molar-refractivity contribution is 0.0523. The lowest BCUT2D eigenvalue weighted by Crippen LogP contribution is -2.32. The van der Waals surface area contributed by atoms with E-state index in [2.05, 4.69) is 5.32 Å². The Bertz CT molecular complexity index is 425. The number of hydrogen-bond donors (Lipinski definition) is 2. The number of alkyl carbamates (subject to hydrolysis) is 1. The molecule has 0 heterocycles. The van der Waals surface area contributed by atoms with Crippen LogP contribution in [0.3, 0.4) is 0 Å². The number of aromatic hydroxyl groups is 1. The van der Waals surface area contributed by atoms with Crippen molar-refractivity contribution in [3.63, 3.8) is 0 Å². The summed E-state index contributed by atoms with van der Waals surface area (Å²) < 4.78 is 5.14. The van der Waals surface area contributed by atoms with Gasteiger partial charge in [-0.25, -0.2) is 4.79 Å². The van der Waals surface area contributed by atoms with Crippen molar-refractivity contribution in [3.8, 4) is 5.75 Å². The molecule has 1 amide bonds. The van der Waals surface area contributed by atoms with Gasteiger partial charge in [0.1, 0.15) is 11.4 Å². The van der Waals surface area contributed by atoms with Gasteiger partial charge < -0.3 is 15.2 Å². The van der Waals surface area contributed by atoms with Gasteiger partial charge in [-0.3, -0.25) is 0 Å². The van der Waals surface area contributed by atoms with E-state index in [0.717, 1.165) is 16.7 Å².